The first-order chi connectivity index (χ1) is 10.1. The van der Waals surface area contributed by atoms with Gasteiger partial charge in [-0.3, -0.25) is 9.69 Å². The van der Waals surface area contributed by atoms with E-state index in [-0.39, 0.29) is 5.91 Å². The van der Waals surface area contributed by atoms with Crippen LogP contribution in [0.5, 0.6) is 0 Å². The fraction of sp³-hybridized carbons (Fsp3) is 0.588. The summed E-state index contributed by atoms with van der Waals surface area (Å²) in [6.07, 6.45) is 0.546. The van der Waals surface area contributed by atoms with Gasteiger partial charge in [-0.25, -0.2) is 0 Å². The van der Waals surface area contributed by atoms with Crippen LogP contribution in [0.15, 0.2) is 30.3 Å². The van der Waals surface area contributed by atoms with Crippen molar-refractivity contribution in [3.63, 3.8) is 0 Å². The van der Waals surface area contributed by atoms with Gasteiger partial charge in [0.05, 0.1) is 0 Å². The van der Waals surface area contributed by atoms with E-state index in [1.807, 2.05) is 42.2 Å². The molecule has 1 aromatic carbocycles. The van der Waals surface area contributed by atoms with Gasteiger partial charge in [-0.15, -0.1) is 0 Å². The number of nitrogens with zero attached hydrogens (tertiary/aromatic N) is 3. The maximum absolute atomic E-state index is 12.3. The van der Waals surface area contributed by atoms with Crippen molar-refractivity contribution in [1.82, 2.24) is 9.80 Å². The predicted molar refractivity (Wildman–Crippen MR) is 87.6 cm³/mol. The molecule has 1 aliphatic rings. The fourth-order valence-corrected chi connectivity index (χ4v) is 2.79. The average molecular weight is 289 g/mol. The van der Waals surface area contributed by atoms with E-state index in [0.29, 0.717) is 12.5 Å². The van der Waals surface area contributed by atoms with Crippen molar-refractivity contribution in [2.24, 2.45) is 0 Å². The number of piperazine rings is 1. The van der Waals surface area contributed by atoms with Gasteiger partial charge in [0.1, 0.15) is 0 Å². The summed E-state index contributed by atoms with van der Waals surface area (Å²) >= 11 is 0. The van der Waals surface area contributed by atoms with Crippen molar-refractivity contribution in [2.45, 2.75) is 26.3 Å². The molecule has 0 N–H and O–H groups in total. The molecule has 1 aromatic rings. The van der Waals surface area contributed by atoms with E-state index in [0.717, 1.165) is 38.4 Å². The second-order valence-corrected chi connectivity index (χ2v) is 5.88. The van der Waals surface area contributed by atoms with Gasteiger partial charge in [0.15, 0.2) is 0 Å². The Hall–Kier alpha value is -1.39. The summed E-state index contributed by atoms with van der Waals surface area (Å²) in [6.45, 7) is 9.30. The number of para-hydroxylation sites is 1. The van der Waals surface area contributed by atoms with Gasteiger partial charge in [-0.05, 0) is 26.1 Å². The summed E-state index contributed by atoms with van der Waals surface area (Å²) in [5, 5.41) is 0. The van der Waals surface area contributed by atoms with Crippen LogP contribution in [0.2, 0.25) is 0 Å². The van der Waals surface area contributed by atoms with Crippen molar-refractivity contribution in [3.05, 3.63) is 30.3 Å². The lowest BCUT2D eigenvalue weighted by Crippen LogP contribution is -2.52. The lowest BCUT2D eigenvalue weighted by Gasteiger charge is -2.38. The zero-order valence-corrected chi connectivity index (χ0v) is 13.5. The van der Waals surface area contributed by atoms with Crippen molar-refractivity contribution in [3.8, 4) is 0 Å². The van der Waals surface area contributed by atoms with Crippen LogP contribution in [0.1, 0.15) is 20.3 Å². The molecule has 116 valence electrons. The Labute approximate surface area is 128 Å². The van der Waals surface area contributed by atoms with Crippen LogP contribution >= 0.6 is 0 Å². The van der Waals surface area contributed by atoms with E-state index < -0.39 is 0 Å². The Balaban J connectivity index is 2.03. The highest BCUT2D eigenvalue weighted by Crippen LogP contribution is 2.17. The molecular weight excluding hydrogens is 262 g/mol. The zero-order chi connectivity index (χ0) is 15.2. The fourth-order valence-electron chi connectivity index (χ4n) is 2.79. The normalized spacial score (nSPS) is 18.4. The molecule has 0 aliphatic carbocycles. The largest absolute Gasteiger partial charge is 0.311 e. The summed E-state index contributed by atoms with van der Waals surface area (Å²) in [5.41, 5.74) is 1.00. The molecule has 4 nitrogen and oxygen atoms in total. The average Bonchev–Trinajstić information content (AvgIpc) is 2.53. The van der Waals surface area contributed by atoms with Crippen LogP contribution in [0.3, 0.4) is 0 Å². The standard InChI is InChI=1S/C17H27N3O/c1-4-17(21)20(16-8-6-5-7-9-16)14-15(2)19-12-10-18(3)11-13-19/h5-9,15H,4,10-14H2,1-3H3/t15-/m1/s1. The van der Waals surface area contributed by atoms with E-state index >= 15 is 0 Å². The molecule has 0 saturated carbocycles. The van der Waals surface area contributed by atoms with E-state index in [9.17, 15) is 4.79 Å². The first kappa shape index (κ1) is 16.0. The summed E-state index contributed by atoms with van der Waals surface area (Å²) in [4.78, 5) is 19.1. The summed E-state index contributed by atoms with van der Waals surface area (Å²) in [7, 11) is 2.17. The second kappa shape index (κ2) is 7.57. The maximum Gasteiger partial charge on any atom is 0.226 e. The zero-order valence-electron chi connectivity index (χ0n) is 13.5. The number of anilines is 1. The first-order valence-electron chi connectivity index (χ1n) is 7.89. The quantitative estimate of drug-likeness (QED) is 0.830. The number of benzene rings is 1. The van der Waals surface area contributed by atoms with Crippen molar-refractivity contribution < 1.29 is 4.79 Å². The molecule has 21 heavy (non-hydrogen) atoms. The van der Waals surface area contributed by atoms with Gasteiger partial charge in [-0.2, -0.15) is 0 Å². The molecule has 0 spiro atoms. The molecule has 1 fully saturated rings. The molecule has 2 rings (SSSR count). The van der Waals surface area contributed by atoms with Gasteiger partial charge in [0.2, 0.25) is 5.91 Å². The third kappa shape index (κ3) is 4.29. The van der Waals surface area contributed by atoms with Crippen LogP contribution in [0.4, 0.5) is 5.69 Å². The van der Waals surface area contributed by atoms with Gasteiger partial charge in [-0.1, -0.05) is 25.1 Å². The topological polar surface area (TPSA) is 26.8 Å². The molecule has 1 amide bonds. The van der Waals surface area contributed by atoms with Gasteiger partial charge < -0.3 is 9.80 Å². The minimum absolute atomic E-state index is 0.196. The van der Waals surface area contributed by atoms with Crippen LogP contribution in [-0.4, -0.2) is 61.5 Å². The SMILES string of the molecule is CCC(=O)N(C[C@@H](C)N1CCN(C)CC1)c1ccccc1. The van der Waals surface area contributed by atoms with Crippen LogP contribution in [-0.2, 0) is 4.79 Å². The Morgan fingerprint density at radius 2 is 1.81 bits per heavy atom. The number of likely N-dealkylation sites (N-methyl/N-ethyl adjacent to an activating group) is 1. The van der Waals surface area contributed by atoms with E-state index in [1.165, 1.54) is 0 Å². The molecule has 1 heterocycles. The second-order valence-electron chi connectivity index (χ2n) is 5.88. The smallest absolute Gasteiger partial charge is 0.226 e. The Bertz CT molecular complexity index is 441. The van der Waals surface area contributed by atoms with E-state index in [2.05, 4.69) is 23.8 Å². The minimum Gasteiger partial charge on any atom is -0.311 e. The molecule has 1 saturated heterocycles. The van der Waals surface area contributed by atoms with Gasteiger partial charge >= 0.3 is 0 Å². The Morgan fingerprint density at radius 3 is 2.38 bits per heavy atom. The van der Waals surface area contributed by atoms with E-state index in [4.69, 9.17) is 0 Å². The van der Waals surface area contributed by atoms with Crippen LogP contribution < -0.4 is 4.90 Å². The molecule has 0 bridgehead atoms. The molecule has 0 aromatic heterocycles. The first-order valence-corrected chi connectivity index (χ1v) is 7.89. The number of hydrogen-bond donors (Lipinski definition) is 0. The molecule has 1 aliphatic heterocycles. The lowest BCUT2D eigenvalue weighted by molar-refractivity contribution is -0.118. The van der Waals surface area contributed by atoms with Crippen LogP contribution in [0, 0.1) is 0 Å². The molecule has 4 heteroatoms. The molecule has 0 radical (unpaired) electrons. The van der Waals surface area contributed by atoms with Gasteiger partial charge in [0, 0.05) is 50.9 Å². The molecular formula is C17H27N3O. The highest BCUT2D eigenvalue weighted by atomic mass is 16.2. The maximum atomic E-state index is 12.3. The van der Waals surface area contributed by atoms with E-state index in [1.54, 1.807) is 0 Å². The highest BCUT2D eigenvalue weighted by molar-refractivity contribution is 5.93. The highest BCUT2D eigenvalue weighted by Gasteiger charge is 2.23. The van der Waals surface area contributed by atoms with Crippen molar-refractivity contribution in [2.75, 3.05) is 44.7 Å². The Kier molecular flexibility index (Phi) is 5.76. The number of hydrogen-bond acceptors (Lipinski definition) is 3. The van der Waals surface area contributed by atoms with Crippen molar-refractivity contribution >= 4 is 11.6 Å². The number of amides is 1. The monoisotopic (exact) mass is 289 g/mol. The number of carbonyl (C=O) groups excluding carboxylic acids is 1. The third-order valence-electron chi connectivity index (χ3n) is 4.28. The molecule has 1 atom stereocenters. The lowest BCUT2D eigenvalue weighted by atomic mass is 10.2. The third-order valence-corrected chi connectivity index (χ3v) is 4.28. The predicted octanol–water partition coefficient (Wildman–Crippen LogP) is 2.07. The summed E-state index contributed by atoms with van der Waals surface area (Å²) in [5.74, 6) is 0.196. The minimum atomic E-state index is 0.196. The van der Waals surface area contributed by atoms with Gasteiger partial charge in [0.25, 0.3) is 0 Å². The summed E-state index contributed by atoms with van der Waals surface area (Å²) < 4.78 is 0. The Morgan fingerprint density at radius 1 is 1.19 bits per heavy atom. The summed E-state index contributed by atoms with van der Waals surface area (Å²) in [6, 6.07) is 10.4. The van der Waals surface area contributed by atoms with Crippen molar-refractivity contribution in [1.29, 1.82) is 0 Å². The molecule has 0 unspecified atom stereocenters. The number of carbonyl (C=O) groups is 1. The van der Waals surface area contributed by atoms with Crippen LogP contribution in [0.25, 0.3) is 0 Å². The number of rotatable bonds is 5.